The lowest BCUT2D eigenvalue weighted by atomic mass is 10.0. The SMILES string of the molecule is NC(=O)c1cccc(-c2ccc(CNC3Cc4ccccc4C3)nc2)c1OC(=O)C(F)(F)F. The molecule has 6 nitrogen and oxygen atoms in total. The Morgan fingerprint density at radius 2 is 1.73 bits per heavy atom. The summed E-state index contributed by atoms with van der Waals surface area (Å²) in [4.78, 5) is 27.5. The largest absolute Gasteiger partial charge is 0.491 e. The van der Waals surface area contributed by atoms with E-state index in [1.54, 1.807) is 12.1 Å². The van der Waals surface area contributed by atoms with Gasteiger partial charge in [-0.1, -0.05) is 42.5 Å². The molecule has 0 bridgehead atoms. The summed E-state index contributed by atoms with van der Waals surface area (Å²) in [5.41, 5.74) is 8.79. The Bertz CT molecular complexity index is 1170. The van der Waals surface area contributed by atoms with Gasteiger partial charge < -0.3 is 15.8 Å². The van der Waals surface area contributed by atoms with Crippen molar-refractivity contribution >= 4 is 11.9 Å². The topological polar surface area (TPSA) is 94.3 Å². The molecule has 3 N–H and O–H groups in total. The molecule has 170 valence electrons. The molecule has 0 unspecified atom stereocenters. The van der Waals surface area contributed by atoms with Crippen LogP contribution in [0.1, 0.15) is 27.2 Å². The zero-order valence-electron chi connectivity index (χ0n) is 17.4. The highest BCUT2D eigenvalue weighted by molar-refractivity contribution is 5.99. The molecule has 2 aromatic carbocycles. The van der Waals surface area contributed by atoms with Gasteiger partial charge >= 0.3 is 12.1 Å². The summed E-state index contributed by atoms with van der Waals surface area (Å²) in [6.07, 6.45) is -1.91. The number of hydrogen-bond acceptors (Lipinski definition) is 5. The van der Waals surface area contributed by atoms with Gasteiger partial charge in [-0.05, 0) is 36.1 Å². The van der Waals surface area contributed by atoms with Gasteiger partial charge in [0.2, 0.25) is 0 Å². The van der Waals surface area contributed by atoms with Gasteiger partial charge in [0.05, 0.1) is 11.3 Å². The first-order valence-electron chi connectivity index (χ1n) is 10.2. The predicted octanol–water partition coefficient (Wildman–Crippen LogP) is 3.57. The fourth-order valence-corrected chi connectivity index (χ4v) is 3.86. The minimum Gasteiger partial charge on any atom is -0.418 e. The van der Waals surface area contributed by atoms with Gasteiger partial charge in [-0.2, -0.15) is 13.2 Å². The number of carbonyl (C=O) groups excluding carboxylic acids is 2. The van der Waals surface area contributed by atoms with E-state index in [2.05, 4.69) is 27.2 Å². The number of hydrogen-bond donors (Lipinski definition) is 2. The van der Waals surface area contributed by atoms with Gasteiger partial charge in [-0.15, -0.1) is 0 Å². The van der Waals surface area contributed by atoms with Crippen molar-refractivity contribution in [3.05, 3.63) is 83.2 Å². The van der Waals surface area contributed by atoms with Crippen molar-refractivity contribution in [3.8, 4) is 16.9 Å². The Hall–Kier alpha value is -3.72. The molecular weight excluding hydrogens is 435 g/mol. The average molecular weight is 455 g/mol. The second kappa shape index (κ2) is 9.03. The molecule has 1 aromatic heterocycles. The standard InChI is InChI=1S/C24H20F3N3O3/c25-24(26,27)23(32)33-21-19(6-3-7-20(21)22(28)31)16-8-9-17(29-12-16)13-30-18-10-14-4-1-2-5-15(14)11-18/h1-9,12,18,30H,10-11,13H2,(H2,28,31). The third-order valence-electron chi connectivity index (χ3n) is 5.47. The Labute approximate surface area is 187 Å². The Morgan fingerprint density at radius 3 is 2.30 bits per heavy atom. The predicted molar refractivity (Wildman–Crippen MR) is 114 cm³/mol. The van der Waals surface area contributed by atoms with E-state index in [1.165, 1.54) is 35.5 Å². The number of ether oxygens (including phenoxy) is 1. The summed E-state index contributed by atoms with van der Waals surface area (Å²) in [6, 6.07) is 16.0. The van der Waals surface area contributed by atoms with Gasteiger partial charge in [0.25, 0.3) is 5.91 Å². The number of pyridine rings is 1. The van der Waals surface area contributed by atoms with Gasteiger partial charge in [0.15, 0.2) is 5.75 Å². The zero-order chi connectivity index (χ0) is 23.6. The van der Waals surface area contributed by atoms with E-state index in [-0.39, 0.29) is 11.1 Å². The number of esters is 1. The van der Waals surface area contributed by atoms with Gasteiger partial charge in [0, 0.05) is 29.9 Å². The highest BCUT2D eigenvalue weighted by Gasteiger charge is 2.42. The third kappa shape index (κ3) is 5.04. The number of primary amides is 1. The first-order chi connectivity index (χ1) is 15.7. The van der Waals surface area contributed by atoms with Crippen LogP contribution in [0, 0.1) is 0 Å². The van der Waals surface area contributed by atoms with Gasteiger partial charge in [-0.25, -0.2) is 4.79 Å². The molecule has 0 saturated carbocycles. The number of amides is 1. The monoisotopic (exact) mass is 455 g/mol. The number of aromatic nitrogens is 1. The van der Waals surface area contributed by atoms with Crippen molar-refractivity contribution < 1.29 is 27.5 Å². The van der Waals surface area contributed by atoms with Crippen LogP contribution in [0.5, 0.6) is 5.75 Å². The van der Waals surface area contributed by atoms with Gasteiger partial charge in [-0.3, -0.25) is 9.78 Å². The van der Waals surface area contributed by atoms with Gasteiger partial charge in [0.1, 0.15) is 0 Å². The number of para-hydroxylation sites is 1. The molecule has 1 aliphatic carbocycles. The molecule has 33 heavy (non-hydrogen) atoms. The number of carbonyl (C=O) groups is 2. The quantitative estimate of drug-likeness (QED) is 0.438. The highest BCUT2D eigenvalue weighted by atomic mass is 19.4. The van der Waals surface area contributed by atoms with E-state index in [4.69, 9.17) is 5.73 Å². The van der Waals surface area contributed by atoms with Crippen LogP contribution >= 0.6 is 0 Å². The number of fused-ring (bicyclic) bond motifs is 1. The van der Waals surface area contributed by atoms with Crippen molar-refractivity contribution in [3.63, 3.8) is 0 Å². The van der Waals surface area contributed by atoms with Crippen molar-refractivity contribution in [2.75, 3.05) is 0 Å². The first-order valence-corrected chi connectivity index (χ1v) is 10.2. The van der Waals surface area contributed by atoms with E-state index >= 15 is 0 Å². The van der Waals surface area contributed by atoms with E-state index in [1.807, 2.05) is 12.1 Å². The molecule has 1 amide bonds. The molecule has 1 heterocycles. The van der Waals surface area contributed by atoms with E-state index in [0.717, 1.165) is 18.5 Å². The van der Waals surface area contributed by atoms with Crippen molar-refractivity contribution in [2.24, 2.45) is 5.73 Å². The van der Waals surface area contributed by atoms with Crippen LogP contribution in [0.15, 0.2) is 60.8 Å². The van der Waals surface area contributed by atoms with E-state index < -0.39 is 23.8 Å². The molecule has 3 aromatic rings. The number of nitrogens with one attached hydrogen (secondary N) is 1. The normalized spacial score (nSPS) is 13.5. The molecule has 0 saturated heterocycles. The molecule has 0 aliphatic heterocycles. The Balaban J connectivity index is 1.51. The summed E-state index contributed by atoms with van der Waals surface area (Å²) in [6.45, 7) is 0.510. The lowest BCUT2D eigenvalue weighted by Gasteiger charge is -2.15. The number of alkyl halides is 3. The minimum absolute atomic E-state index is 0.0992. The summed E-state index contributed by atoms with van der Waals surface area (Å²) >= 11 is 0. The van der Waals surface area contributed by atoms with Crippen LogP contribution in [0.3, 0.4) is 0 Å². The first kappa shape index (κ1) is 22.5. The molecule has 4 rings (SSSR count). The molecule has 0 spiro atoms. The second-order valence-electron chi connectivity index (χ2n) is 7.73. The molecule has 0 fully saturated rings. The van der Waals surface area contributed by atoms with Crippen LogP contribution in [-0.4, -0.2) is 29.1 Å². The van der Waals surface area contributed by atoms with E-state index in [0.29, 0.717) is 18.2 Å². The highest BCUT2D eigenvalue weighted by Crippen LogP contribution is 2.34. The number of nitrogens with two attached hydrogens (primary N) is 1. The lowest BCUT2D eigenvalue weighted by Crippen LogP contribution is -2.29. The number of benzene rings is 2. The smallest absolute Gasteiger partial charge is 0.418 e. The Kier molecular flexibility index (Phi) is 6.15. The van der Waals surface area contributed by atoms with E-state index in [9.17, 15) is 22.8 Å². The van der Waals surface area contributed by atoms with Crippen molar-refractivity contribution in [2.45, 2.75) is 31.6 Å². The average Bonchev–Trinajstić information content (AvgIpc) is 3.20. The van der Waals surface area contributed by atoms with Crippen LogP contribution in [-0.2, 0) is 24.2 Å². The molecule has 1 aliphatic rings. The zero-order valence-corrected chi connectivity index (χ0v) is 17.4. The maximum Gasteiger partial charge on any atom is 0.491 e. The molecule has 0 radical (unpaired) electrons. The maximum absolute atomic E-state index is 12.7. The summed E-state index contributed by atoms with van der Waals surface area (Å²) in [5, 5.41) is 3.46. The number of halogens is 3. The molecular formula is C24H20F3N3O3. The third-order valence-corrected chi connectivity index (χ3v) is 5.47. The lowest BCUT2D eigenvalue weighted by molar-refractivity contribution is -0.189. The summed E-state index contributed by atoms with van der Waals surface area (Å²) in [5.74, 6) is -4.01. The molecule has 0 atom stereocenters. The van der Waals surface area contributed by atoms with Crippen molar-refractivity contribution in [1.29, 1.82) is 0 Å². The van der Waals surface area contributed by atoms with Crippen LogP contribution in [0.4, 0.5) is 13.2 Å². The summed E-state index contributed by atoms with van der Waals surface area (Å²) in [7, 11) is 0. The number of rotatable bonds is 6. The second-order valence-corrected chi connectivity index (χ2v) is 7.73. The minimum atomic E-state index is -5.23. The summed E-state index contributed by atoms with van der Waals surface area (Å²) < 4.78 is 42.8. The van der Waals surface area contributed by atoms with Crippen LogP contribution < -0.4 is 15.8 Å². The fourth-order valence-electron chi connectivity index (χ4n) is 3.86. The fraction of sp³-hybridized carbons (Fsp3) is 0.208. The van der Waals surface area contributed by atoms with Crippen LogP contribution in [0.2, 0.25) is 0 Å². The number of nitrogens with zero attached hydrogens (tertiary/aromatic N) is 1. The van der Waals surface area contributed by atoms with Crippen molar-refractivity contribution in [1.82, 2.24) is 10.3 Å². The maximum atomic E-state index is 12.7. The molecule has 9 heteroatoms. The Morgan fingerprint density at radius 1 is 1.03 bits per heavy atom. The van der Waals surface area contributed by atoms with Crippen LogP contribution in [0.25, 0.3) is 11.1 Å².